The molecule has 2 saturated heterocycles. The first-order valence-electron chi connectivity index (χ1n) is 10.8. The molecule has 0 bridgehead atoms. The molecule has 1 aromatic carbocycles. The van der Waals surface area contributed by atoms with E-state index in [-0.39, 0.29) is 17.9 Å². The number of nitrogens with one attached hydrogen (secondary N) is 1. The van der Waals surface area contributed by atoms with Gasteiger partial charge < -0.3 is 15.0 Å². The lowest BCUT2D eigenvalue weighted by atomic mass is 10.0. The van der Waals surface area contributed by atoms with E-state index in [9.17, 15) is 9.59 Å². The van der Waals surface area contributed by atoms with Crippen molar-refractivity contribution in [3.8, 4) is 0 Å². The molecule has 2 aliphatic heterocycles. The standard InChI is InChI=1S/C22H34N4O3/c1-2-3-9-23-20(27)18-24-10-12-25(13-11-24)21(19-7-5-4-6-8-19)22(28)26-14-16-29-17-15-26/h4-8,21H,2-3,9-18H2,1H3,(H,23,27). The average molecular weight is 403 g/mol. The second-order valence-corrected chi connectivity index (χ2v) is 7.77. The van der Waals surface area contributed by atoms with Crippen LogP contribution < -0.4 is 5.32 Å². The van der Waals surface area contributed by atoms with Gasteiger partial charge in [0.25, 0.3) is 0 Å². The maximum Gasteiger partial charge on any atom is 0.244 e. The summed E-state index contributed by atoms with van der Waals surface area (Å²) in [7, 11) is 0. The molecule has 0 saturated carbocycles. The van der Waals surface area contributed by atoms with E-state index in [2.05, 4.69) is 22.0 Å². The first-order chi connectivity index (χ1) is 14.2. The van der Waals surface area contributed by atoms with Crippen LogP contribution in [0.2, 0.25) is 0 Å². The summed E-state index contributed by atoms with van der Waals surface area (Å²) < 4.78 is 5.41. The summed E-state index contributed by atoms with van der Waals surface area (Å²) in [5, 5.41) is 2.99. The van der Waals surface area contributed by atoms with Gasteiger partial charge in [-0.15, -0.1) is 0 Å². The second kappa shape index (κ2) is 11.3. The van der Waals surface area contributed by atoms with Crippen LogP contribution in [-0.2, 0) is 14.3 Å². The Morgan fingerprint density at radius 2 is 1.72 bits per heavy atom. The van der Waals surface area contributed by atoms with Crippen molar-refractivity contribution in [3.63, 3.8) is 0 Å². The number of unbranched alkanes of at least 4 members (excludes halogenated alkanes) is 1. The highest BCUT2D eigenvalue weighted by molar-refractivity contribution is 5.83. The number of carbonyl (C=O) groups is 2. The lowest BCUT2D eigenvalue weighted by molar-refractivity contribution is -0.142. The Morgan fingerprint density at radius 3 is 2.38 bits per heavy atom. The van der Waals surface area contributed by atoms with Gasteiger partial charge in [-0.25, -0.2) is 0 Å². The van der Waals surface area contributed by atoms with Crippen LogP contribution in [-0.4, -0.2) is 92.1 Å². The lowest BCUT2D eigenvalue weighted by Crippen LogP contribution is -2.54. The molecular formula is C22H34N4O3. The molecule has 2 aliphatic rings. The summed E-state index contributed by atoms with van der Waals surface area (Å²) in [6.45, 7) is 8.96. The fraction of sp³-hybridized carbons (Fsp3) is 0.636. The zero-order chi connectivity index (χ0) is 20.5. The molecule has 3 rings (SSSR count). The van der Waals surface area contributed by atoms with Crippen molar-refractivity contribution in [3.05, 3.63) is 35.9 Å². The number of hydrogen-bond donors (Lipinski definition) is 1. The van der Waals surface area contributed by atoms with Crippen molar-refractivity contribution < 1.29 is 14.3 Å². The van der Waals surface area contributed by atoms with Gasteiger partial charge in [0.2, 0.25) is 11.8 Å². The van der Waals surface area contributed by atoms with Crippen LogP contribution in [0.1, 0.15) is 31.4 Å². The summed E-state index contributed by atoms with van der Waals surface area (Å²) >= 11 is 0. The average Bonchev–Trinajstić information content (AvgIpc) is 2.76. The van der Waals surface area contributed by atoms with Crippen LogP contribution in [0.4, 0.5) is 0 Å². The van der Waals surface area contributed by atoms with Crippen molar-refractivity contribution in [2.45, 2.75) is 25.8 Å². The summed E-state index contributed by atoms with van der Waals surface area (Å²) in [5.74, 6) is 0.251. The molecule has 1 aromatic rings. The fourth-order valence-electron chi connectivity index (χ4n) is 3.94. The van der Waals surface area contributed by atoms with Crippen molar-refractivity contribution >= 4 is 11.8 Å². The molecule has 0 radical (unpaired) electrons. The largest absolute Gasteiger partial charge is 0.378 e. The molecule has 2 fully saturated rings. The number of piperazine rings is 1. The number of rotatable bonds is 8. The second-order valence-electron chi connectivity index (χ2n) is 7.77. The molecule has 0 spiro atoms. The van der Waals surface area contributed by atoms with Crippen molar-refractivity contribution in [2.75, 3.05) is 65.6 Å². The predicted molar refractivity (Wildman–Crippen MR) is 113 cm³/mol. The molecule has 1 N–H and O–H groups in total. The number of benzene rings is 1. The van der Waals surface area contributed by atoms with E-state index in [4.69, 9.17) is 4.74 Å². The van der Waals surface area contributed by atoms with Gasteiger partial charge in [0, 0.05) is 45.8 Å². The monoisotopic (exact) mass is 402 g/mol. The lowest BCUT2D eigenvalue weighted by Gasteiger charge is -2.40. The van der Waals surface area contributed by atoms with E-state index in [1.54, 1.807) is 0 Å². The highest BCUT2D eigenvalue weighted by atomic mass is 16.5. The Kier molecular flexibility index (Phi) is 8.46. The van der Waals surface area contributed by atoms with Crippen LogP contribution in [0.25, 0.3) is 0 Å². The van der Waals surface area contributed by atoms with Gasteiger partial charge in [-0.1, -0.05) is 43.7 Å². The van der Waals surface area contributed by atoms with Crippen LogP contribution in [0.15, 0.2) is 30.3 Å². The Balaban J connectivity index is 1.59. The minimum atomic E-state index is -0.269. The number of ether oxygens (including phenoxy) is 1. The summed E-state index contributed by atoms with van der Waals surface area (Å²) in [6.07, 6.45) is 2.10. The third-order valence-electron chi connectivity index (χ3n) is 5.66. The minimum absolute atomic E-state index is 0.0934. The van der Waals surface area contributed by atoms with Crippen molar-refractivity contribution in [2.24, 2.45) is 0 Å². The van der Waals surface area contributed by atoms with Crippen LogP contribution >= 0.6 is 0 Å². The maximum atomic E-state index is 13.4. The van der Waals surface area contributed by atoms with E-state index in [1.807, 2.05) is 35.2 Å². The Bertz CT molecular complexity index is 641. The molecule has 1 atom stereocenters. The molecule has 0 aromatic heterocycles. The molecule has 2 amide bonds. The summed E-state index contributed by atoms with van der Waals surface area (Å²) in [4.78, 5) is 31.8. The number of carbonyl (C=O) groups excluding carboxylic acids is 2. The van der Waals surface area contributed by atoms with Crippen LogP contribution in [0, 0.1) is 0 Å². The van der Waals surface area contributed by atoms with E-state index < -0.39 is 0 Å². The molecule has 1 unspecified atom stereocenters. The fourth-order valence-corrected chi connectivity index (χ4v) is 3.94. The maximum absolute atomic E-state index is 13.4. The first kappa shape index (κ1) is 21.7. The highest BCUT2D eigenvalue weighted by Gasteiger charge is 2.34. The normalized spacial score (nSPS) is 19.7. The Labute approximate surface area is 174 Å². The smallest absolute Gasteiger partial charge is 0.244 e. The molecule has 7 heteroatoms. The van der Waals surface area contributed by atoms with Crippen molar-refractivity contribution in [1.29, 1.82) is 0 Å². The molecular weight excluding hydrogens is 368 g/mol. The third kappa shape index (κ3) is 6.26. The van der Waals surface area contributed by atoms with Crippen LogP contribution in [0.3, 0.4) is 0 Å². The number of hydrogen-bond acceptors (Lipinski definition) is 5. The zero-order valence-electron chi connectivity index (χ0n) is 17.5. The van der Waals surface area contributed by atoms with Crippen molar-refractivity contribution in [1.82, 2.24) is 20.0 Å². The molecule has 2 heterocycles. The Hall–Kier alpha value is -1.96. The highest BCUT2D eigenvalue weighted by Crippen LogP contribution is 2.25. The number of morpholine rings is 1. The minimum Gasteiger partial charge on any atom is -0.378 e. The molecule has 29 heavy (non-hydrogen) atoms. The SMILES string of the molecule is CCCCNC(=O)CN1CCN(C(C(=O)N2CCOCC2)c2ccccc2)CC1. The quantitative estimate of drug-likeness (QED) is 0.660. The number of nitrogens with zero attached hydrogens (tertiary/aromatic N) is 3. The molecule has 160 valence electrons. The van der Waals surface area contributed by atoms with E-state index in [0.29, 0.717) is 32.8 Å². The van der Waals surface area contributed by atoms with Gasteiger partial charge in [0.15, 0.2) is 0 Å². The van der Waals surface area contributed by atoms with E-state index >= 15 is 0 Å². The van der Waals surface area contributed by atoms with Crippen LogP contribution in [0.5, 0.6) is 0 Å². The topological polar surface area (TPSA) is 65.1 Å². The zero-order valence-corrected chi connectivity index (χ0v) is 17.5. The van der Waals surface area contributed by atoms with Gasteiger partial charge in [0.05, 0.1) is 19.8 Å². The van der Waals surface area contributed by atoms with E-state index in [1.165, 1.54) is 0 Å². The third-order valence-corrected chi connectivity index (χ3v) is 5.66. The summed E-state index contributed by atoms with van der Waals surface area (Å²) in [6, 6.07) is 9.77. The van der Waals surface area contributed by atoms with Gasteiger partial charge in [-0.2, -0.15) is 0 Å². The van der Waals surface area contributed by atoms with Gasteiger partial charge in [-0.3, -0.25) is 19.4 Å². The van der Waals surface area contributed by atoms with E-state index in [0.717, 1.165) is 51.1 Å². The molecule has 7 nitrogen and oxygen atoms in total. The van der Waals surface area contributed by atoms with Gasteiger partial charge >= 0.3 is 0 Å². The summed E-state index contributed by atoms with van der Waals surface area (Å²) in [5.41, 5.74) is 1.04. The number of amides is 2. The predicted octanol–water partition coefficient (Wildman–Crippen LogP) is 1.12. The molecule has 0 aliphatic carbocycles. The van der Waals surface area contributed by atoms with Gasteiger partial charge in [0.1, 0.15) is 6.04 Å². The Morgan fingerprint density at radius 1 is 1.03 bits per heavy atom. The first-order valence-corrected chi connectivity index (χ1v) is 10.8. The van der Waals surface area contributed by atoms with Gasteiger partial charge in [-0.05, 0) is 12.0 Å².